The number of nitriles is 1. The van der Waals surface area contributed by atoms with E-state index in [0.29, 0.717) is 0 Å². The number of alkyl halides is 3. The third kappa shape index (κ3) is 3.73. The molecular weight excluding hydrogens is 301 g/mol. The summed E-state index contributed by atoms with van der Waals surface area (Å²) in [6, 6.07) is 6.28. The predicted molar refractivity (Wildman–Crippen MR) is 75.7 cm³/mol. The zero-order valence-electron chi connectivity index (χ0n) is 10.7. The van der Waals surface area contributed by atoms with Crippen molar-refractivity contribution in [3.63, 3.8) is 0 Å². The van der Waals surface area contributed by atoms with Gasteiger partial charge in [-0.1, -0.05) is 18.3 Å². The summed E-state index contributed by atoms with van der Waals surface area (Å²) in [5.41, 5.74) is -0.791. The van der Waals surface area contributed by atoms with Crippen molar-refractivity contribution in [2.75, 3.05) is 5.32 Å². The van der Waals surface area contributed by atoms with E-state index < -0.39 is 11.7 Å². The molecular formula is C14H11F3N2OS. The smallest absolute Gasteiger partial charge is 0.416 e. The molecule has 1 aliphatic carbocycles. The summed E-state index contributed by atoms with van der Waals surface area (Å²) in [4.78, 5) is -0.0822. The van der Waals surface area contributed by atoms with Crippen LogP contribution in [0.25, 0.3) is 0 Å². The number of nitrogens with one attached hydrogen (secondary N) is 1. The molecule has 1 aromatic carbocycles. The first-order valence-corrected chi connectivity index (χ1v) is 6.55. The van der Waals surface area contributed by atoms with E-state index in [1.54, 1.807) is 6.07 Å². The van der Waals surface area contributed by atoms with Gasteiger partial charge in [0.05, 0.1) is 5.56 Å². The highest BCUT2D eigenvalue weighted by Gasteiger charge is 2.31. The molecule has 2 N–H and O–H groups in total. The molecule has 1 aromatic rings. The summed E-state index contributed by atoms with van der Waals surface area (Å²) >= 11 is 4.98. The van der Waals surface area contributed by atoms with Crippen LogP contribution in [0.4, 0.5) is 18.9 Å². The number of allylic oxidation sites excluding steroid dienone is 1. The Kier molecular flexibility index (Phi) is 4.19. The van der Waals surface area contributed by atoms with E-state index >= 15 is 0 Å². The fourth-order valence-electron chi connectivity index (χ4n) is 1.75. The summed E-state index contributed by atoms with van der Waals surface area (Å²) in [7, 11) is 0. The number of nitrogens with zero attached hydrogens (tertiary/aromatic N) is 1. The highest BCUT2D eigenvalue weighted by Crippen LogP contribution is 2.37. The minimum atomic E-state index is -4.46. The van der Waals surface area contributed by atoms with Crippen LogP contribution in [0.2, 0.25) is 0 Å². The summed E-state index contributed by atoms with van der Waals surface area (Å²) in [6.45, 7) is 0. The maximum absolute atomic E-state index is 12.6. The average molecular weight is 312 g/mol. The minimum absolute atomic E-state index is 0.0686. The lowest BCUT2D eigenvalue weighted by Gasteiger charge is -2.11. The van der Waals surface area contributed by atoms with Gasteiger partial charge in [-0.2, -0.15) is 18.4 Å². The Morgan fingerprint density at radius 3 is 2.57 bits per heavy atom. The second-order valence-electron chi connectivity index (χ2n) is 4.68. The van der Waals surface area contributed by atoms with Gasteiger partial charge in [-0.3, -0.25) is 0 Å². The number of anilines is 1. The van der Waals surface area contributed by atoms with Crippen molar-refractivity contribution in [1.29, 1.82) is 5.26 Å². The first-order valence-electron chi connectivity index (χ1n) is 6.14. The molecule has 0 saturated heterocycles. The van der Waals surface area contributed by atoms with Crippen molar-refractivity contribution < 1.29 is 18.3 Å². The summed E-state index contributed by atoms with van der Waals surface area (Å²) in [5.74, 6) is -0.164. The van der Waals surface area contributed by atoms with Gasteiger partial charge in [-0.15, -0.1) is 0 Å². The number of aliphatic hydroxyl groups is 1. The van der Waals surface area contributed by atoms with Crippen molar-refractivity contribution in [3.8, 4) is 6.07 Å². The average Bonchev–Trinajstić information content (AvgIpc) is 3.23. The first-order chi connectivity index (χ1) is 9.82. The van der Waals surface area contributed by atoms with Crippen LogP contribution in [0.1, 0.15) is 18.4 Å². The Balaban J connectivity index is 2.20. The van der Waals surface area contributed by atoms with Crippen LogP contribution < -0.4 is 5.32 Å². The van der Waals surface area contributed by atoms with Gasteiger partial charge in [-0.05, 0) is 31.0 Å². The van der Waals surface area contributed by atoms with E-state index in [4.69, 9.17) is 17.5 Å². The quantitative estimate of drug-likeness (QED) is 0.380. The number of thiocarbonyl (C=S) groups is 1. The van der Waals surface area contributed by atoms with Crippen LogP contribution in [-0.2, 0) is 6.18 Å². The molecule has 1 aliphatic rings. The second kappa shape index (κ2) is 5.74. The summed E-state index contributed by atoms with van der Waals surface area (Å²) in [6.07, 6.45) is -2.89. The lowest BCUT2D eigenvalue weighted by Crippen LogP contribution is -2.14. The zero-order valence-corrected chi connectivity index (χ0v) is 11.6. The Morgan fingerprint density at radius 1 is 1.38 bits per heavy atom. The van der Waals surface area contributed by atoms with E-state index in [1.165, 1.54) is 12.1 Å². The van der Waals surface area contributed by atoms with Gasteiger partial charge in [0, 0.05) is 11.6 Å². The van der Waals surface area contributed by atoms with Crippen molar-refractivity contribution in [2.45, 2.75) is 19.0 Å². The van der Waals surface area contributed by atoms with Crippen LogP contribution in [-0.4, -0.2) is 10.1 Å². The SMILES string of the molecule is N#CC(C(=S)Nc1cccc(C(F)(F)F)c1)=C(O)C1CC1. The molecule has 110 valence electrons. The minimum Gasteiger partial charge on any atom is -0.511 e. The van der Waals surface area contributed by atoms with E-state index in [2.05, 4.69) is 5.32 Å². The Morgan fingerprint density at radius 2 is 2.05 bits per heavy atom. The highest BCUT2D eigenvalue weighted by molar-refractivity contribution is 7.81. The zero-order chi connectivity index (χ0) is 15.6. The van der Waals surface area contributed by atoms with Gasteiger partial charge in [0.15, 0.2) is 0 Å². The molecule has 1 saturated carbocycles. The number of benzene rings is 1. The van der Waals surface area contributed by atoms with Gasteiger partial charge >= 0.3 is 6.18 Å². The summed E-state index contributed by atoms with van der Waals surface area (Å²) < 4.78 is 37.8. The normalized spacial score (nSPS) is 15.9. The van der Waals surface area contributed by atoms with Gasteiger partial charge in [0.2, 0.25) is 0 Å². The first kappa shape index (κ1) is 15.3. The van der Waals surface area contributed by atoms with Crippen molar-refractivity contribution in [3.05, 3.63) is 41.2 Å². The van der Waals surface area contributed by atoms with Crippen molar-refractivity contribution in [1.82, 2.24) is 0 Å². The van der Waals surface area contributed by atoms with Gasteiger partial charge in [-0.25, -0.2) is 0 Å². The number of rotatable bonds is 3. The molecule has 3 nitrogen and oxygen atoms in total. The molecule has 0 amide bonds. The molecule has 7 heteroatoms. The molecule has 0 aliphatic heterocycles. The van der Waals surface area contributed by atoms with E-state index in [-0.39, 0.29) is 27.9 Å². The van der Waals surface area contributed by atoms with Crippen LogP contribution in [0.15, 0.2) is 35.6 Å². The molecule has 0 atom stereocenters. The number of hydrogen-bond acceptors (Lipinski definition) is 3. The Labute approximate surface area is 124 Å². The molecule has 0 radical (unpaired) electrons. The molecule has 0 bridgehead atoms. The highest BCUT2D eigenvalue weighted by atomic mass is 32.1. The van der Waals surface area contributed by atoms with E-state index in [9.17, 15) is 18.3 Å². The van der Waals surface area contributed by atoms with Crippen LogP contribution in [0.5, 0.6) is 0 Å². The fourth-order valence-corrected chi connectivity index (χ4v) is 2.02. The molecule has 21 heavy (non-hydrogen) atoms. The maximum atomic E-state index is 12.6. The topological polar surface area (TPSA) is 56.0 Å². The van der Waals surface area contributed by atoms with Crippen LogP contribution in [0, 0.1) is 17.2 Å². The Bertz CT molecular complexity index is 642. The third-order valence-corrected chi connectivity index (χ3v) is 3.31. The van der Waals surface area contributed by atoms with Gasteiger partial charge in [0.1, 0.15) is 22.4 Å². The number of hydrogen-bond donors (Lipinski definition) is 2. The second-order valence-corrected chi connectivity index (χ2v) is 5.09. The van der Waals surface area contributed by atoms with Crippen LogP contribution >= 0.6 is 12.2 Å². The van der Waals surface area contributed by atoms with Crippen molar-refractivity contribution >= 4 is 22.9 Å². The third-order valence-electron chi connectivity index (χ3n) is 3.01. The lowest BCUT2D eigenvalue weighted by atomic mass is 10.1. The molecule has 0 aromatic heterocycles. The fraction of sp³-hybridized carbons (Fsp3) is 0.286. The molecule has 2 rings (SSSR count). The molecule has 0 heterocycles. The van der Waals surface area contributed by atoms with Gasteiger partial charge < -0.3 is 10.4 Å². The van der Waals surface area contributed by atoms with E-state index in [0.717, 1.165) is 25.0 Å². The van der Waals surface area contributed by atoms with Crippen molar-refractivity contribution in [2.24, 2.45) is 5.92 Å². The largest absolute Gasteiger partial charge is 0.511 e. The molecule has 1 fully saturated rings. The predicted octanol–water partition coefficient (Wildman–Crippen LogP) is 4.19. The maximum Gasteiger partial charge on any atom is 0.416 e. The monoisotopic (exact) mass is 312 g/mol. The van der Waals surface area contributed by atoms with Crippen LogP contribution in [0.3, 0.4) is 0 Å². The molecule has 0 spiro atoms. The Hall–Kier alpha value is -2.07. The van der Waals surface area contributed by atoms with E-state index in [1.807, 2.05) is 0 Å². The van der Waals surface area contributed by atoms with Gasteiger partial charge in [0.25, 0.3) is 0 Å². The number of halogens is 3. The number of aliphatic hydroxyl groups excluding tert-OH is 1. The molecule has 0 unspecified atom stereocenters. The lowest BCUT2D eigenvalue weighted by molar-refractivity contribution is -0.137. The summed E-state index contributed by atoms with van der Waals surface area (Å²) in [5, 5.41) is 21.4. The standard InChI is InChI=1S/C14H11F3N2OS/c15-14(16,17)9-2-1-3-10(6-9)19-13(21)11(7-18)12(20)8-4-5-8/h1-3,6,8,20H,4-5H2,(H,19,21).